The van der Waals surface area contributed by atoms with Crippen LogP contribution in [0.3, 0.4) is 0 Å². The number of hydrogen-bond donors (Lipinski definition) is 1. The highest BCUT2D eigenvalue weighted by molar-refractivity contribution is 5.87. The van der Waals surface area contributed by atoms with Crippen LogP contribution in [0, 0.1) is 11.8 Å². The fourth-order valence-electron chi connectivity index (χ4n) is 4.11. The number of hydrogen-bond acceptors (Lipinski definition) is 4. The van der Waals surface area contributed by atoms with E-state index in [-0.39, 0.29) is 11.9 Å². The molecule has 1 unspecified atom stereocenters. The first-order valence-electron chi connectivity index (χ1n) is 8.60. The van der Waals surface area contributed by atoms with Crippen LogP contribution in [0.15, 0.2) is 0 Å². The van der Waals surface area contributed by atoms with E-state index in [1.807, 2.05) is 4.90 Å². The Morgan fingerprint density at radius 1 is 1.17 bits per heavy atom. The summed E-state index contributed by atoms with van der Waals surface area (Å²) in [7, 11) is 2.85. The van der Waals surface area contributed by atoms with Gasteiger partial charge in [-0.3, -0.25) is 4.79 Å². The molecule has 2 amide bonds. The zero-order chi connectivity index (χ0) is 17.1. The SMILES string of the molecule is COC(=O)N[C@H](C(=O)N1C(C(C)C)C[C@@H]2CCC[C@@H]21)[C@@H](C)OC. The van der Waals surface area contributed by atoms with Crippen LogP contribution in [0.1, 0.15) is 46.5 Å². The highest BCUT2D eigenvalue weighted by Gasteiger charge is 2.48. The standard InChI is InChI=1S/C17H30N2O4/c1-10(2)14-9-12-7-6-8-13(12)19(14)16(20)15(11(3)22-4)18-17(21)23-5/h10-15H,6-9H2,1-5H3,(H,18,21)/t11-,12+,13+,14?,15+/m1/s1. The van der Waals surface area contributed by atoms with Gasteiger partial charge in [0.15, 0.2) is 0 Å². The Bertz CT molecular complexity index is 440. The molecule has 0 bridgehead atoms. The fraction of sp³-hybridized carbons (Fsp3) is 0.882. The summed E-state index contributed by atoms with van der Waals surface area (Å²) in [5, 5.41) is 2.66. The fourth-order valence-corrected chi connectivity index (χ4v) is 4.11. The van der Waals surface area contributed by atoms with Crippen LogP contribution in [0.4, 0.5) is 4.79 Å². The molecule has 1 heterocycles. The Balaban J connectivity index is 2.23. The molecule has 1 saturated carbocycles. The maximum absolute atomic E-state index is 13.2. The molecule has 5 atom stereocenters. The van der Waals surface area contributed by atoms with Gasteiger partial charge in [-0.1, -0.05) is 20.3 Å². The molecule has 0 aromatic rings. The molecule has 0 radical (unpaired) electrons. The number of carbonyl (C=O) groups excluding carboxylic acids is 2. The van der Waals surface area contributed by atoms with Crippen molar-refractivity contribution >= 4 is 12.0 Å². The van der Waals surface area contributed by atoms with Crippen LogP contribution in [-0.2, 0) is 14.3 Å². The molecule has 1 aliphatic heterocycles. The Morgan fingerprint density at radius 2 is 1.87 bits per heavy atom. The van der Waals surface area contributed by atoms with Gasteiger partial charge in [-0.05, 0) is 38.0 Å². The van der Waals surface area contributed by atoms with Crippen molar-refractivity contribution in [2.75, 3.05) is 14.2 Å². The minimum absolute atomic E-state index is 0.0437. The summed E-state index contributed by atoms with van der Waals surface area (Å²) in [6, 6.07) is -0.169. The average molecular weight is 326 g/mol. The molecule has 0 spiro atoms. The maximum Gasteiger partial charge on any atom is 0.407 e. The highest BCUT2D eigenvalue weighted by Crippen LogP contribution is 2.43. The average Bonchev–Trinajstić information content (AvgIpc) is 3.11. The predicted molar refractivity (Wildman–Crippen MR) is 87.0 cm³/mol. The number of amides is 2. The van der Waals surface area contributed by atoms with Crippen molar-refractivity contribution in [3.63, 3.8) is 0 Å². The van der Waals surface area contributed by atoms with E-state index in [0.29, 0.717) is 17.9 Å². The van der Waals surface area contributed by atoms with Crippen LogP contribution < -0.4 is 5.32 Å². The van der Waals surface area contributed by atoms with E-state index in [2.05, 4.69) is 23.9 Å². The van der Waals surface area contributed by atoms with Crippen molar-refractivity contribution in [3.8, 4) is 0 Å². The van der Waals surface area contributed by atoms with E-state index in [4.69, 9.17) is 4.74 Å². The Morgan fingerprint density at radius 3 is 2.43 bits per heavy atom. The molecule has 6 heteroatoms. The van der Waals surface area contributed by atoms with Gasteiger partial charge in [0.2, 0.25) is 5.91 Å². The summed E-state index contributed by atoms with van der Waals surface area (Å²) in [6.45, 7) is 6.12. The van der Waals surface area contributed by atoms with Crippen LogP contribution in [-0.4, -0.2) is 55.3 Å². The summed E-state index contributed by atoms with van der Waals surface area (Å²) in [6.07, 6.45) is 3.50. The van der Waals surface area contributed by atoms with E-state index in [9.17, 15) is 9.59 Å². The summed E-state index contributed by atoms with van der Waals surface area (Å²) in [5.41, 5.74) is 0. The van der Waals surface area contributed by atoms with Crippen molar-refractivity contribution in [2.45, 2.75) is 70.7 Å². The van der Waals surface area contributed by atoms with Crippen molar-refractivity contribution in [2.24, 2.45) is 11.8 Å². The lowest BCUT2D eigenvalue weighted by Gasteiger charge is -2.36. The lowest BCUT2D eigenvalue weighted by molar-refractivity contribution is -0.140. The third-order valence-electron chi connectivity index (χ3n) is 5.47. The summed E-state index contributed by atoms with van der Waals surface area (Å²) < 4.78 is 10.0. The molecule has 2 fully saturated rings. The second kappa shape index (κ2) is 7.51. The first-order chi connectivity index (χ1) is 10.9. The third-order valence-corrected chi connectivity index (χ3v) is 5.47. The van der Waals surface area contributed by atoms with Gasteiger partial charge in [0.1, 0.15) is 6.04 Å². The van der Waals surface area contributed by atoms with Gasteiger partial charge in [0.25, 0.3) is 0 Å². The highest BCUT2D eigenvalue weighted by atomic mass is 16.5. The third kappa shape index (κ3) is 3.62. The molecule has 23 heavy (non-hydrogen) atoms. The van der Waals surface area contributed by atoms with E-state index >= 15 is 0 Å². The minimum atomic E-state index is -0.715. The van der Waals surface area contributed by atoms with Gasteiger partial charge in [-0.15, -0.1) is 0 Å². The van der Waals surface area contributed by atoms with E-state index < -0.39 is 18.2 Å². The molecule has 0 aromatic heterocycles. The van der Waals surface area contributed by atoms with E-state index in [1.54, 1.807) is 14.0 Å². The molecule has 132 valence electrons. The van der Waals surface area contributed by atoms with Crippen LogP contribution in [0.5, 0.6) is 0 Å². The van der Waals surface area contributed by atoms with Crippen molar-refractivity contribution in [1.82, 2.24) is 10.2 Å². The largest absolute Gasteiger partial charge is 0.453 e. The number of fused-ring (bicyclic) bond motifs is 1. The summed E-state index contributed by atoms with van der Waals surface area (Å²) in [4.78, 5) is 26.9. The quantitative estimate of drug-likeness (QED) is 0.841. The first kappa shape index (κ1) is 18.0. The Labute approximate surface area is 138 Å². The van der Waals surface area contributed by atoms with Crippen molar-refractivity contribution in [1.29, 1.82) is 0 Å². The number of rotatable bonds is 5. The molecule has 2 rings (SSSR count). The number of likely N-dealkylation sites (tertiary alicyclic amines) is 1. The number of ether oxygens (including phenoxy) is 2. The first-order valence-corrected chi connectivity index (χ1v) is 8.60. The van der Waals surface area contributed by atoms with Crippen LogP contribution >= 0.6 is 0 Å². The zero-order valence-electron chi connectivity index (χ0n) is 14.9. The zero-order valence-corrected chi connectivity index (χ0v) is 14.9. The molecule has 0 aromatic carbocycles. The lowest BCUT2D eigenvalue weighted by Crippen LogP contribution is -2.57. The molecule has 1 N–H and O–H groups in total. The van der Waals surface area contributed by atoms with Crippen molar-refractivity contribution in [3.05, 3.63) is 0 Å². The Kier molecular flexibility index (Phi) is 5.89. The van der Waals surface area contributed by atoms with Gasteiger partial charge in [0.05, 0.1) is 13.2 Å². The number of nitrogens with zero attached hydrogens (tertiary/aromatic N) is 1. The van der Waals surface area contributed by atoms with Crippen LogP contribution in [0.25, 0.3) is 0 Å². The van der Waals surface area contributed by atoms with Gasteiger partial charge >= 0.3 is 6.09 Å². The summed E-state index contributed by atoms with van der Waals surface area (Å²) in [5.74, 6) is 0.960. The lowest BCUT2D eigenvalue weighted by atomic mass is 9.96. The smallest absolute Gasteiger partial charge is 0.407 e. The normalized spacial score (nSPS) is 29.3. The second-order valence-corrected chi connectivity index (χ2v) is 7.11. The molecule has 1 aliphatic carbocycles. The number of carbonyl (C=O) groups is 2. The molecule has 2 aliphatic rings. The van der Waals surface area contributed by atoms with E-state index in [0.717, 1.165) is 12.8 Å². The van der Waals surface area contributed by atoms with Crippen molar-refractivity contribution < 1.29 is 19.1 Å². The predicted octanol–water partition coefficient (Wildman–Crippen LogP) is 2.17. The minimum Gasteiger partial charge on any atom is -0.453 e. The summed E-state index contributed by atoms with van der Waals surface area (Å²) >= 11 is 0. The number of nitrogens with one attached hydrogen (secondary N) is 1. The van der Waals surface area contributed by atoms with Gasteiger partial charge in [0, 0.05) is 19.2 Å². The van der Waals surface area contributed by atoms with Gasteiger partial charge in [-0.25, -0.2) is 4.79 Å². The molecule has 1 saturated heterocycles. The van der Waals surface area contributed by atoms with Gasteiger partial charge < -0.3 is 19.7 Å². The van der Waals surface area contributed by atoms with Crippen LogP contribution in [0.2, 0.25) is 0 Å². The monoisotopic (exact) mass is 326 g/mol. The van der Waals surface area contributed by atoms with Gasteiger partial charge in [-0.2, -0.15) is 0 Å². The topological polar surface area (TPSA) is 67.9 Å². The van der Waals surface area contributed by atoms with E-state index in [1.165, 1.54) is 20.0 Å². The molecule has 6 nitrogen and oxygen atoms in total. The number of methoxy groups -OCH3 is 2. The molecular formula is C17H30N2O4. The maximum atomic E-state index is 13.2. The Hall–Kier alpha value is -1.30. The second-order valence-electron chi connectivity index (χ2n) is 7.11. The molecular weight excluding hydrogens is 296 g/mol. The number of alkyl carbamates (subject to hydrolysis) is 1.